The lowest BCUT2D eigenvalue weighted by Crippen LogP contribution is -2.61. The fraction of sp³-hybridized carbons (Fsp3) is 0.558. The number of anilines is 8. The minimum atomic E-state index is -0.168. The first-order chi connectivity index (χ1) is 42.2. The summed E-state index contributed by atoms with van der Waals surface area (Å²) in [6.07, 6.45) is 16.8. The van der Waals surface area contributed by atoms with Crippen LogP contribution in [0.5, 0.6) is 0 Å². The molecule has 9 aliphatic rings. The molecule has 0 radical (unpaired) electrons. The number of fused-ring (bicyclic) bond motifs is 14. The van der Waals surface area contributed by atoms with E-state index in [2.05, 4.69) is 263 Å². The van der Waals surface area contributed by atoms with E-state index >= 15 is 0 Å². The van der Waals surface area contributed by atoms with E-state index in [0.29, 0.717) is 0 Å². The lowest BCUT2D eigenvalue weighted by Gasteiger charge is -2.51. The lowest BCUT2D eigenvalue weighted by atomic mass is 9.35. The van der Waals surface area contributed by atoms with E-state index in [9.17, 15) is 0 Å². The molecule has 1 fully saturated rings. The van der Waals surface area contributed by atoms with Crippen LogP contribution in [0.15, 0.2) is 84.9 Å². The maximum atomic E-state index is 2.99. The molecule has 6 aromatic carbocycles. The van der Waals surface area contributed by atoms with Crippen LogP contribution in [-0.4, -0.2) is 12.3 Å². The van der Waals surface area contributed by atoms with Gasteiger partial charge in [-0.1, -0.05) is 183 Å². The zero-order chi connectivity index (χ0) is 64.7. The van der Waals surface area contributed by atoms with Gasteiger partial charge in [0, 0.05) is 60.1 Å². The van der Waals surface area contributed by atoms with Crippen molar-refractivity contribution in [1.29, 1.82) is 0 Å². The summed E-state index contributed by atoms with van der Waals surface area (Å²) in [5, 5.41) is 1.43. The Hall–Kier alpha value is -5.26. The third kappa shape index (κ3) is 8.22. The maximum Gasteiger partial charge on any atom is 0.264 e. The Bertz CT molecular complexity index is 4340. The van der Waals surface area contributed by atoms with Crippen molar-refractivity contribution in [3.05, 3.63) is 146 Å². The van der Waals surface area contributed by atoms with Gasteiger partial charge in [0.15, 0.2) is 0 Å². The van der Waals surface area contributed by atoms with Crippen molar-refractivity contribution in [3.63, 3.8) is 0 Å². The second-order valence-electron chi connectivity index (χ2n) is 38.5. The molecule has 4 heterocycles. The van der Waals surface area contributed by atoms with Gasteiger partial charge >= 0.3 is 0 Å². The van der Waals surface area contributed by atoms with E-state index in [0.717, 1.165) is 6.42 Å². The highest BCUT2D eigenvalue weighted by molar-refractivity contribution is 7.33. The molecule has 3 nitrogen and oxygen atoms in total. The molecule has 2 atom stereocenters. The molecule has 91 heavy (non-hydrogen) atoms. The van der Waals surface area contributed by atoms with E-state index in [-0.39, 0.29) is 71.8 Å². The van der Waals surface area contributed by atoms with Crippen LogP contribution < -0.4 is 30.4 Å². The minimum absolute atomic E-state index is 0.00980. The molecule has 476 valence electrons. The number of benzene rings is 6. The molecule has 5 heteroatoms. The standard InChI is InChI=1S/C86H108BN3S/c1-75(2)31-33-77(5,6)57-41-51(25-27-55(57)75)88-68-49-63-61(81(13,14)37-39-83(63,17)18)47-66(68)87-72-69(88)43-53(90-67-48-62-60(80(11,12)36-38-82(62,15)16)46-65(67)85(21)29-23-24-30-86(85,90)22)44-70(72)89(52-26-28-56-58(42-52)78(7,8)34-32-76(56,3)4)73-54-45-59-64(50-71(54)91-74(73)87)84(19,20)40-35-79(59,9)10/h25-28,41-50H,23-24,29-40H2,1-22H3. The van der Waals surface area contributed by atoms with Crippen LogP contribution in [0.25, 0.3) is 10.1 Å². The lowest BCUT2D eigenvalue weighted by molar-refractivity contribution is 0.194. The van der Waals surface area contributed by atoms with Gasteiger partial charge in [-0.15, -0.1) is 11.3 Å². The fourth-order valence-electron chi connectivity index (χ4n) is 20.9. The molecule has 0 bridgehead atoms. The van der Waals surface area contributed by atoms with Crippen molar-refractivity contribution in [3.8, 4) is 0 Å². The van der Waals surface area contributed by atoms with Crippen molar-refractivity contribution in [2.45, 2.75) is 307 Å². The van der Waals surface area contributed by atoms with Crippen LogP contribution in [0, 0.1) is 0 Å². The summed E-state index contributed by atoms with van der Waals surface area (Å²) in [6.45, 7) is 56.1. The average molecular weight is 1230 g/mol. The predicted molar refractivity (Wildman–Crippen MR) is 395 cm³/mol. The van der Waals surface area contributed by atoms with Crippen molar-refractivity contribution in [1.82, 2.24) is 0 Å². The van der Waals surface area contributed by atoms with Gasteiger partial charge in [0.2, 0.25) is 0 Å². The van der Waals surface area contributed by atoms with Crippen molar-refractivity contribution < 1.29 is 0 Å². The molecule has 0 spiro atoms. The van der Waals surface area contributed by atoms with Crippen LogP contribution in [0.3, 0.4) is 0 Å². The molecule has 1 saturated carbocycles. The number of nitrogens with zero attached hydrogens (tertiary/aromatic N) is 3. The summed E-state index contributed by atoms with van der Waals surface area (Å²) in [7, 11) is 0. The molecule has 3 aliphatic heterocycles. The Morgan fingerprint density at radius 2 is 0.703 bits per heavy atom. The Labute approximate surface area is 554 Å². The van der Waals surface area contributed by atoms with Gasteiger partial charge in [0.25, 0.3) is 6.71 Å². The van der Waals surface area contributed by atoms with Gasteiger partial charge in [0.1, 0.15) is 0 Å². The minimum Gasteiger partial charge on any atom is -0.334 e. The smallest absolute Gasteiger partial charge is 0.264 e. The van der Waals surface area contributed by atoms with E-state index in [4.69, 9.17) is 0 Å². The van der Waals surface area contributed by atoms with Gasteiger partial charge in [0.05, 0.1) is 11.2 Å². The second kappa shape index (κ2) is 18.4. The first-order valence-electron chi connectivity index (χ1n) is 36.1. The largest absolute Gasteiger partial charge is 0.334 e. The predicted octanol–water partition coefficient (Wildman–Crippen LogP) is 22.5. The van der Waals surface area contributed by atoms with Crippen LogP contribution in [0.1, 0.15) is 303 Å². The van der Waals surface area contributed by atoms with Gasteiger partial charge < -0.3 is 14.7 Å². The fourth-order valence-corrected chi connectivity index (χ4v) is 22.2. The van der Waals surface area contributed by atoms with Crippen LogP contribution in [-0.2, 0) is 59.6 Å². The van der Waals surface area contributed by atoms with E-state index in [1.54, 1.807) is 33.4 Å². The van der Waals surface area contributed by atoms with E-state index in [1.165, 1.54) is 183 Å². The van der Waals surface area contributed by atoms with Gasteiger partial charge in [-0.25, -0.2) is 0 Å². The first kappa shape index (κ1) is 60.7. The Kier molecular flexibility index (Phi) is 12.3. The summed E-state index contributed by atoms with van der Waals surface area (Å²) in [6, 6.07) is 37.9. The van der Waals surface area contributed by atoms with Crippen LogP contribution >= 0.6 is 11.3 Å². The molecular formula is C86H108BN3S. The average Bonchev–Trinajstić information content (AvgIpc) is 1.64. The highest BCUT2D eigenvalue weighted by Crippen LogP contribution is 2.65. The monoisotopic (exact) mass is 1230 g/mol. The topological polar surface area (TPSA) is 9.72 Å². The Balaban J connectivity index is 1.08. The maximum absolute atomic E-state index is 2.99. The third-order valence-electron chi connectivity index (χ3n) is 28.1. The Morgan fingerprint density at radius 1 is 0.319 bits per heavy atom. The van der Waals surface area contributed by atoms with Crippen LogP contribution in [0.2, 0.25) is 0 Å². The second-order valence-corrected chi connectivity index (χ2v) is 39.6. The molecule has 6 aliphatic carbocycles. The number of hydrogen-bond donors (Lipinski definition) is 0. The normalized spacial score (nSPS) is 26.8. The van der Waals surface area contributed by atoms with Crippen molar-refractivity contribution in [2.75, 3.05) is 14.7 Å². The summed E-state index contributed by atoms with van der Waals surface area (Å²) in [4.78, 5) is 8.75. The van der Waals surface area contributed by atoms with Crippen LogP contribution in [0.4, 0.5) is 45.5 Å². The zero-order valence-electron chi connectivity index (χ0n) is 60.3. The Morgan fingerprint density at radius 3 is 1.20 bits per heavy atom. The highest BCUT2D eigenvalue weighted by Gasteiger charge is 2.60. The number of rotatable bonds is 3. The summed E-state index contributed by atoms with van der Waals surface area (Å²) < 4.78 is 2.94. The number of thiophene rings is 1. The highest BCUT2D eigenvalue weighted by atomic mass is 32.1. The zero-order valence-corrected chi connectivity index (χ0v) is 61.1. The first-order valence-corrected chi connectivity index (χ1v) is 36.9. The van der Waals surface area contributed by atoms with Crippen molar-refractivity contribution >= 4 is 89.3 Å². The van der Waals surface area contributed by atoms with Gasteiger partial charge in [-0.3, -0.25) is 0 Å². The molecule has 2 unspecified atom stereocenters. The quantitative estimate of drug-likeness (QED) is 0.163. The SMILES string of the molecule is CC1(C)CCC(C)(C)c2cc(N3c4cc5c(cc4B4c6sc7cc8c(cc7c6N(c6ccc7c(c6)C(C)(C)CCC7(C)C)c6cc(N7c9cc%10c(cc9C9(C)CCCCC79C)C(C)(C)CCC%10(C)C)cc3c64)C(C)(C)CCC8(C)C)C(C)(C)CCC5(C)C)ccc21. The molecular weight excluding hydrogens is 1120 g/mol. The molecule has 0 amide bonds. The van der Waals surface area contributed by atoms with Crippen molar-refractivity contribution in [2.24, 2.45) is 0 Å². The van der Waals surface area contributed by atoms with E-state index < -0.39 is 0 Å². The molecule has 7 aromatic rings. The summed E-state index contributed by atoms with van der Waals surface area (Å²) >= 11 is 2.13. The molecule has 16 rings (SSSR count). The summed E-state index contributed by atoms with van der Waals surface area (Å²) in [5.74, 6) is 0. The molecule has 0 saturated heterocycles. The van der Waals surface area contributed by atoms with Gasteiger partial charge in [-0.2, -0.15) is 0 Å². The van der Waals surface area contributed by atoms with Gasteiger partial charge in [-0.05, 0) is 271 Å². The molecule has 1 aromatic heterocycles. The number of hydrogen-bond acceptors (Lipinski definition) is 4. The molecule has 0 N–H and O–H groups in total. The third-order valence-corrected chi connectivity index (χ3v) is 29.3. The van der Waals surface area contributed by atoms with E-state index in [1.807, 2.05) is 0 Å². The summed E-state index contributed by atoms with van der Waals surface area (Å²) in [5.41, 5.74) is 31.2.